The van der Waals surface area contributed by atoms with Gasteiger partial charge in [-0.3, -0.25) is 4.79 Å². The zero-order valence-electron chi connectivity index (χ0n) is 15.0. The third-order valence-electron chi connectivity index (χ3n) is 4.60. The fourth-order valence-electron chi connectivity index (χ4n) is 3.23. The highest BCUT2D eigenvalue weighted by atomic mass is 35.5. The number of carbonyl (C=O) groups is 1. The Balaban J connectivity index is 1.45. The Labute approximate surface area is 171 Å². The molecule has 1 aromatic carbocycles. The summed E-state index contributed by atoms with van der Waals surface area (Å²) >= 11 is 7.55. The van der Waals surface area contributed by atoms with Crippen molar-refractivity contribution in [1.82, 2.24) is 0 Å². The molecule has 142 valence electrons. The van der Waals surface area contributed by atoms with E-state index in [0.717, 1.165) is 31.2 Å². The van der Waals surface area contributed by atoms with E-state index in [1.54, 1.807) is 24.3 Å². The molecule has 0 saturated heterocycles. The zero-order chi connectivity index (χ0) is 19.5. The number of nitrogens with one attached hydrogen (secondary N) is 1. The van der Waals surface area contributed by atoms with Gasteiger partial charge in [0.2, 0.25) is 0 Å². The Kier molecular flexibility index (Phi) is 5.38. The minimum atomic E-state index is -0.376. The topological polar surface area (TPSA) is 75.3 Å². The van der Waals surface area contributed by atoms with Crippen LogP contribution in [0.1, 0.15) is 45.2 Å². The van der Waals surface area contributed by atoms with Gasteiger partial charge in [-0.05, 0) is 55.5 Å². The van der Waals surface area contributed by atoms with E-state index in [4.69, 9.17) is 20.8 Å². The van der Waals surface area contributed by atoms with Crippen LogP contribution in [0.4, 0.5) is 5.00 Å². The molecule has 1 aliphatic rings. The number of furan rings is 1. The number of benzene rings is 1. The molecule has 0 atom stereocenters. The van der Waals surface area contributed by atoms with Crippen molar-refractivity contribution >= 4 is 33.8 Å². The molecule has 0 bridgehead atoms. The molecule has 1 N–H and O–H groups in total. The summed E-state index contributed by atoms with van der Waals surface area (Å²) in [5.41, 5.74) is 1.67. The lowest BCUT2D eigenvalue weighted by Crippen LogP contribution is -2.11. The van der Waals surface area contributed by atoms with Gasteiger partial charge in [-0.25, -0.2) is 0 Å². The molecule has 0 spiro atoms. The lowest BCUT2D eigenvalue weighted by atomic mass is 9.96. The van der Waals surface area contributed by atoms with E-state index in [0.29, 0.717) is 27.1 Å². The number of thiophene rings is 1. The van der Waals surface area contributed by atoms with E-state index >= 15 is 0 Å². The van der Waals surface area contributed by atoms with Crippen LogP contribution < -0.4 is 10.1 Å². The van der Waals surface area contributed by atoms with Crippen molar-refractivity contribution in [3.05, 3.63) is 68.9 Å². The van der Waals surface area contributed by atoms with Crippen molar-refractivity contribution < 1.29 is 13.9 Å². The summed E-state index contributed by atoms with van der Waals surface area (Å²) in [5, 5.41) is 13.5. The minimum Gasteiger partial charge on any atom is -0.484 e. The third-order valence-corrected chi connectivity index (χ3v) is 6.12. The Morgan fingerprint density at radius 1 is 1.25 bits per heavy atom. The number of ether oxygens (including phenoxy) is 1. The van der Waals surface area contributed by atoms with Crippen LogP contribution in [0, 0.1) is 11.3 Å². The van der Waals surface area contributed by atoms with Gasteiger partial charge in [0, 0.05) is 4.88 Å². The van der Waals surface area contributed by atoms with Crippen LogP contribution >= 0.6 is 22.9 Å². The molecule has 0 fully saturated rings. The van der Waals surface area contributed by atoms with Gasteiger partial charge in [-0.1, -0.05) is 23.7 Å². The molecule has 5 nitrogen and oxygen atoms in total. The van der Waals surface area contributed by atoms with Crippen molar-refractivity contribution in [2.24, 2.45) is 0 Å². The maximum absolute atomic E-state index is 12.6. The highest BCUT2D eigenvalue weighted by molar-refractivity contribution is 7.16. The Bertz CT molecular complexity index is 1060. The van der Waals surface area contributed by atoms with Crippen LogP contribution in [0.5, 0.6) is 5.75 Å². The average molecular weight is 413 g/mol. The molecule has 4 rings (SSSR count). The van der Waals surface area contributed by atoms with Crippen LogP contribution in [-0.2, 0) is 19.4 Å². The Hall–Kier alpha value is -2.75. The first-order valence-electron chi connectivity index (χ1n) is 8.97. The van der Waals surface area contributed by atoms with E-state index in [-0.39, 0.29) is 18.3 Å². The second kappa shape index (κ2) is 8.09. The first-order valence-corrected chi connectivity index (χ1v) is 10.2. The molecule has 2 heterocycles. The molecule has 0 unspecified atom stereocenters. The number of hydrogen-bond acceptors (Lipinski definition) is 5. The van der Waals surface area contributed by atoms with Gasteiger partial charge in [0.05, 0.1) is 10.6 Å². The highest BCUT2D eigenvalue weighted by Crippen LogP contribution is 2.37. The maximum Gasteiger partial charge on any atom is 0.292 e. The number of para-hydroxylation sites is 1. The standard InChI is InChI=1S/C21H17ClN2O3S/c22-16-6-2-3-7-17(16)26-12-13-9-10-18(27-13)20(25)24-21-15(11-23)14-5-1-4-8-19(14)28-21/h2-3,6-7,9-10H,1,4-5,8,12H2,(H,24,25). The lowest BCUT2D eigenvalue weighted by Gasteiger charge is -2.09. The molecule has 0 saturated carbocycles. The largest absolute Gasteiger partial charge is 0.484 e. The molecule has 0 radical (unpaired) electrons. The number of amides is 1. The first kappa shape index (κ1) is 18.6. The second-order valence-corrected chi connectivity index (χ2v) is 7.98. The molecule has 2 aromatic heterocycles. The Morgan fingerprint density at radius 2 is 2.07 bits per heavy atom. The minimum absolute atomic E-state index is 0.160. The SMILES string of the molecule is N#Cc1c(NC(=O)c2ccc(COc3ccccc3Cl)o2)sc2c1CCCC2. The van der Waals surface area contributed by atoms with Crippen LogP contribution in [0.15, 0.2) is 40.8 Å². The Morgan fingerprint density at radius 3 is 2.89 bits per heavy atom. The number of nitrogens with zero attached hydrogens (tertiary/aromatic N) is 1. The number of halogens is 1. The molecule has 28 heavy (non-hydrogen) atoms. The molecule has 7 heteroatoms. The van der Waals surface area contributed by atoms with Crippen molar-refractivity contribution in [2.75, 3.05) is 5.32 Å². The number of nitriles is 1. The van der Waals surface area contributed by atoms with E-state index in [9.17, 15) is 10.1 Å². The smallest absolute Gasteiger partial charge is 0.292 e. The van der Waals surface area contributed by atoms with Crippen LogP contribution in [0.25, 0.3) is 0 Å². The summed E-state index contributed by atoms with van der Waals surface area (Å²) in [4.78, 5) is 13.8. The number of anilines is 1. The predicted octanol–water partition coefficient (Wildman–Crippen LogP) is 5.58. The molecular weight excluding hydrogens is 396 g/mol. The summed E-state index contributed by atoms with van der Waals surface area (Å²) in [5.74, 6) is 0.859. The summed E-state index contributed by atoms with van der Waals surface area (Å²) in [6.07, 6.45) is 4.07. The molecule has 1 aliphatic carbocycles. The van der Waals surface area contributed by atoms with Crippen molar-refractivity contribution in [1.29, 1.82) is 5.26 Å². The van der Waals surface area contributed by atoms with E-state index in [1.807, 2.05) is 12.1 Å². The lowest BCUT2D eigenvalue weighted by molar-refractivity contribution is 0.0993. The van der Waals surface area contributed by atoms with E-state index in [2.05, 4.69) is 11.4 Å². The molecule has 1 amide bonds. The summed E-state index contributed by atoms with van der Waals surface area (Å²) in [6, 6.07) is 12.7. The summed E-state index contributed by atoms with van der Waals surface area (Å²) in [6.45, 7) is 0.160. The number of rotatable bonds is 5. The maximum atomic E-state index is 12.6. The van der Waals surface area contributed by atoms with Crippen molar-refractivity contribution in [3.63, 3.8) is 0 Å². The zero-order valence-corrected chi connectivity index (χ0v) is 16.5. The van der Waals surface area contributed by atoms with Gasteiger partial charge in [-0.15, -0.1) is 11.3 Å². The van der Waals surface area contributed by atoms with Crippen LogP contribution in [0.2, 0.25) is 5.02 Å². The van der Waals surface area contributed by atoms with Gasteiger partial charge >= 0.3 is 0 Å². The fourth-order valence-corrected chi connectivity index (χ4v) is 4.65. The van der Waals surface area contributed by atoms with Gasteiger partial charge in [0.25, 0.3) is 5.91 Å². The fraction of sp³-hybridized carbons (Fsp3) is 0.238. The van der Waals surface area contributed by atoms with Gasteiger partial charge in [-0.2, -0.15) is 5.26 Å². The van der Waals surface area contributed by atoms with Crippen LogP contribution in [-0.4, -0.2) is 5.91 Å². The molecule has 0 aliphatic heterocycles. The summed E-state index contributed by atoms with van der Waals surface area (Å²) < 4.78 is 11.2. The highest BCUT2D eigenvalue weighted by Gasteiger charge is 2.23. The quantitative estimate of drug-likeness (QED) is 0.593. The first-order chi connectivity index (χ1) is 13.7. The average Bonchev–Trinajstić information content (AvgIpc) is 3.31. The number of hydrogen-bond donors (Lipinski definition) is 1. The van der Waals surface area contributed by atoms with E-state index < -0.39 is 0 Å². The van der Waals surface area contributed by atoms with Gasteiger partial charge in [0.15, 0.2) is 5.76 Å². The number of aryl methyl sites for hydroxylation is 1. The van der Waals surface area contributed by atoms with Crippen LogP contribution in [0.3, 0.4) is 0 Å². The molecular formula is C21H17ClN2O3S. The summed E-state index contributed by atoms with van der Waals surface area (Å²) in [7, 11) is 0. The number of fused-ring (bicyclic) bond motifs is 1. The monoisotopic (exact) mass is 412 g/mol. The third kappa shape index (κ3) is 3.77. The normalized spacial score (nSPS) is 12.9. The van der Waals surface area contributed by atoms with Crippen molar-refractivity contribution in [2.45, 2.75) is 32.3 Å². The predicted molar refractivity (Wildman–Crippen MR) is 108 cm³/mol. The van der Waals surface area contributed by atoms with Crippen molar-refractivity contribution in [3.8, 4) is 11.8 Å². The van der Waals surface area contributed by atoms with E-state index in [1.165, 1.54) is 16.2 Å². The van der Waals surface area contributed by atoms with Gasteiger partial charge < -0.3 is 14.5 Å². The van der Waals surface area contributed by atoms with Gasteiger partial charge in [0.1, 0.15) is 29.2 Å². The second-order valence-electron chi connectivity index (χ2n) is 6.47. The molecule has 3 aromatic rings. The number of carbonyl (C=O) groups excluding carboxylic acids is 1.